The van der Waals surface area contributed by atoms with E-state index in [9.17, 15) is 0 Å². The number of thioether (sulfide) groups is 1. The summed E-state index contributed by atoms with van der Waals surface area (Å²) in [6.45, 7) is 7.36. The van der Waals surface area contributed by atoms with Gasteiger partial charge in [0.15, 0.2) is 5.96 Å². The van der Waals surface area contributed by atoms with Crippen molar-refractivity contribution in [3.8, 4) is 5.69 Å². The molecular weight excluding hydrogens is 445 g/mol. The third-order valence-electron chi connectivity index (χ3n) is 4.04. The Morgan fingerprint density at radius 1 is 1.32 bits per heavy atom. The maximum absolute atomic E-state index is 4.45. The van der Waals surface area contributed by atoms with Crippen LogP contribution < -0.4 is 5.32 Å². The molecule has 1 aliphatic rings. The summed E-state index contributed by atoms with van der Waals surface area (Å²) in [5, 5.41) is 7.92. The van der Waals surface area contributed by atoms with Gasteiger partial charge in [-0.25, -0.2) is 4.68 Å². The molecule has 1 aromatic heterocycles. The number of aromatic nitrogens is 2. The minimum atomic E-state index is 0. The van der Waals surface area contributed by atoms with Crippen LogP contribution in [0.15, 0.2) is 47.7 Å². The van der Waals surface area contributed by atoms with Gasteiger partial charge in [-0.2, -0.15) is 16.9 Å². The lowest BCUT2D eigenvalue weighted by atomic mass is 10.2. The van der Waals surface area contributed by atoms with Crippen LogP contribution in [-0.4, -0.2) is 51.3 Å². The standard InChI is InChI=1S/C18H25N5S.HI/c1-18(2)14-22(9-10-24-18)17(19-3)20-11-15-12-21-23(13-15)16-7-5-4-6-8-16;/h4-8,12-13H,9-11,14H2,1-3H3,(H,19,20);1H. The van der Waals surface area contributed by atoms with Crippen molar-refractivity contribution in [3.05, 3.63) is 48.3 Å². The van der Waals surface area contributed by atoms with Gasteiger partial charge in [-0.1, -0.05) is 18.2 Å². The van der Waals surface area contributed by atoms with Gasteiger partial charge in [0, 0.05) is 48.9 Å². The van der Waals surface area contributed by atoms with Crippen molar-refractivity contribution in [2.24, 2.45) is 4.99 Å². The minimum absolute atomic E-state index is 0. The fourth-order valence-electron chi connectivity index (χ4n) is 2.88. The number of rotatable bonds is 3. The highest BCUT2D eigenvalue weighted by atomic mass is 127. The lowest BCUT2D eigenvalue weighted by Gasteiger charge is -2.39. The summed E-state index contributed by atoms with van der Waals surface area (Å²) >= 11 is 2.03. The van der Waals surface area contributed by atoms with Gasteiger partial charge in [0.1, 0.15) is 0 Å². The first-order valence-corrected chi connectivity index (χ1v) is 9.24. The van der Waals surface area contributed by atoms with Gasteiger partial charge in [0.25, 0.3) is 0 Å². The zero-order valence-electron chi connectivity index (χ0n) is 15.0. The van der Waals surface area contributed by atoms with Crippen LogP contribution in [0.1, 0.15) is 19.4 Å². The van der Waals surface area contributed by atoms with Crippen molar-refractivity contribution in [1.29, 1.82) is 0 Å². The first-order chi connectivity index (χ1) is 11.6. The zero-order chi connectivity index (χ0) is 17.0. The molecule has 0 atom stereocenters. The van der Waals surface area contributed by atoms with E-state index in [1.54, 1.807) is 0 Å². The average molecular weight is 471 g/mol. The minimum Gasteiger partial charge on any atom is -0.352 e. The Bertz CT molecular complexity index is 699. The number of guanidine groups is 1. The van der Waals surface area contributed by atoms with Crippen LogP contribution >= 0.6 is 35.7 Å². The zero-order valence-corrected chi connectivity index (χ0v) is 18.1. The van der Waals surface area contributed by atoms with Crippen LogP contribution in [0.4, 0.5) is 0 Å². The van der Waals surface area contributed by atoms with Crippen LogP contribution in [0.2, 0.25) is 0 Å². The Morgan fingerprint density at radius 2 is 2.08 bits per heavy atom. The van der Waals surface area contributed by atoms with Crippen molar-refractivity contribution < 1.29 is 0 Å². The molecule has 2 aromatic rings. The Labute approximate surface area is 171 Å². The molecule has 25 heavy (non-hydrogen) atoms. The lowest BCUT2D eigenvalue weighted by molar-refractivity contribution is 0.375. The normalized spacial score (nSPS) is 17.1. The van der Waals surface area contributed by atoms with Crippen molar-refractivity contribution >= 4 is 41.7 Å². The molecule has 0 aliphatic carbocycles. The van der Waals surface area contributed by atoms with E-state index < -0.39 is 0 Å². The van der Waals surface area contributed by atoms with E-state index in [4.69, 9.17) is 0 Å². The summed E-state index contributed by atoms with van der Waals surface area (Å²) in [4.78, 5) is 6.80. The molecule has 1 aromatic carbocycles. The fraction of sp³-hybridized carbons (Fsp3) is 0.444. The van der Waals surface area contributed by atoms with Crippen molar-refractivity contribution in [2.75, 3.05) is 25.9 Å². The van der Waals surface area contributed by atoms with E-state index in [2.05, 4.69) is 52.5 Å². The van der Waals surface area contributed by atoms with Gasteiger partial charge >= 0.3 is 0 Å². The van der Waals surface area contributed by atoms with E-state index in [-0.39, 0.29) is 28.7 Å². The van der Waals surface area contributed by atoms with Gasteiger partial charge < -0.3 is 10.2 Å². The fourth-order valence-corrected chi connectivity index (χ4v) is 4.00. The van der Waals surface area contributed by atoms with E-state index in [0.717, 1.165) is 42.6 Å². The molecule has 7 heteroatoms. The molecule has 0 saturated carbocycles. The van der Waals surface area contributed by atoms with E-state index >= 15 is 0 Å². The molecule has 0 radical (unpaired) electrons. The van der Waals surface area contributed by atoms with Gasteiger partial charge in [-0.05, 0) is 26.0 Å². The Balaban J connectivity index is 0.00000225. The molecule has 136 valence electrons. The summed E-state index contributed by atoms with van der Waals surface area (Å²) in [6, 6.07) is 10.2. The number of halogens is 1. The largest absolute Gasteiger partial charge is 0.352 e. The molecule has 5 nitrogen and oxygen atoms in total. The van der Waals surface area contributed by atoms with Gasteiger partial charge in [-0.15, -0.1) is 24.0 Å². The van der Waals surface area contributed by atoms with Crippen LogP contribution in [0, 0.1) is 0 Å². The molecule has 2 heterocycles. The van der Waals surface area contributed by atoms with Crippen LogP contribution in [-0.2, 0) is 6.54 Å². The second kappa shape index (κ2) is 8.93. The van der Waals surface area contributed by atoms with E-state index in [1.807, 2.05) is 47.9 Å². The second-order valence-electron chi connectivity index (χ2n) is 6.56. The third kappa shape index (κ3) is 5.37. The quantitative estimate of drug-likeness (QED) is 0.424. The predicted octanol–water partition coefficient (Wildman–Crippen LogP) is 3.39. The number of benzene rings is 1. The molecule has 0 unspecified atom stereocenters. The monoisotopic (exact) mass is 471 g/mol. The maximum atomic E-state index is 4.45. The van der Waals surface area contributed by atoms with Crippen LogP contribution in [0.5, 0.6) is 0 Å². The van der Waals surface area contributed by atoms with Gasteiger partial charge in [-0.3, -0.25) is 4.99 Å². The molecule has 0 bridgehead atoms. The topological polar surface area (TPSA) is 45.5 Å². The molecule has 1 saturated heterocycles. The summed E-state index contributed by atoms with van der Waals surface area (Å²) in [6.07, 6.45) is 3.97. The smallest absolute Gasteiger partial charge is 0.193 e. The summed E-state index contributed by atoms with van der Waals surface area (Å²) < 4.78 is 2.18. The SMILES string of the molecule is CN=C(NCc1cnn(-c2ccccc2)c1)N1CCSC(C)(C)C1.I. The van der Waals surface area contributed by atoms with Gasteiger partial charge in [0.05, 0.1) is 11.9 Å². The molecule has 3 rings (SSSR count). The highest BCUT2D eigenvalue weighted by Crippen LogP contribution is 2.29. The van der Waals surface area contributed by atoms with Crippen molar-refractivity contribution in [1.82, 2.24) is 20.0 Å². The molecule has 1 fully saturated rings. The second-order valence-corrected chi connectivity index (χ2v) is 8.36. The summed E-state index contributed by atoms with van der Waals surface area (Å²) in [5.74, 6) is 2.11. The molecular formula is C18H26IN5S. The summed E-state index contributed by atoms with van der Waals surface area (Å²) in [5.41, 5.74) is 2.22. The molecule has 0 amide bonds. The number of hydrogen-bond donors (Lipinski definition) is 1. The van der Waals surface area contributed by atoms with Gasteiger partial charge in [0.2, 0.25) is 0 Å². The van der Waals surface area contributed by atoms with Crippen molar-refractivity contribution in [2.45, 2.75) is 25.1 Å². The highest BCUT2D eigenvalue weighted by molar-refractivity contribution is 14.0. The Hall–Kier alpha value is -1.22. The molecule has 1 aliphatic heterocycles. The van der Waals surface area contributed by atoms with Crippen LogP contribution in [0.3, 0.4) is 0 Å². The van der Waals surface area contributed by atoms with E-state index in [0.29, 0.717) is 0 Å². The Morgan fingerprint density at radius 3 is 2.76 bits per heavy atom. The first kappa shape index (κ1) is 20.1. The van der Waals surface area contributed by atoms with Crippen molar-refractivity contribution in [3.63, 3.8) is 0 Å². The average Bonchev–Trinajstić information content (AvgIpc) is 3.04. The van der Waals surface area contributed by atoms with E-state index in [1.165, 1.54) is 0 Å². The number of aliphatic imine (C=N–C) groups is 1. The summed E-state index contributed by atoms with van der Waals surface area (Å²) in [7, 11) is 1.85. The third-order valence-corrected chi connectivity index (χ3v) is 5.34. The predicted molar refractivity (Wildman–Crippen MR) is 117 cm³/mol. The Kier molecular flexibility index (Phi) is 7.18. The molecule has 1 N–H and O–H groups in total. The number of nitrogens with zero attached hydrogens (tertiary/aromatic N) is 4. The number of nitrogens with one attached hydrogen (secondary N) is 1. The number of hydrogen-bond acceptors (Lipinski definition) is 3. The number of para-hydroxylation sites is 1. The lowest BCUT2D eigenvalue weighted by Crippen LogP contribution is -2.50. The maximum Gasteiger partial charge on any atom is 0.193 e. The highest BCUT2D eigenvalue weighted by Gasteiger charge is 2.28. The van der Waals surface area contributed by atoms with Crippen LogP contribution in [0.25, 0.3) is 5.69 Å². The molecule has 0 spiro atoms. The first-order valence-electron chi connectivity index (χ1n) is 8.26.